The van der Waals surface area contributed by atoms with Gasteiger partial charge in [-0.05, 0) is 26.8 Å². The molecule has 1 saturated carbocycles. The highest BCUT2D eigenvalue weighted by atomic mass is 16.3. The molecular weight excluding hydrogens is 254 g/mol. The number of rotatable bonds is 3. The van der Waals surface area contributed by atoms with Gasteiger partial charge in [0.15, 0.2) is 11.4 Å². The summed E-state index contributed by atoms with van der Waals surface area (Å²) in [6.45, 7) is 3.99. The molecule has 2 aromatic heterocycles. The molecule has 1 saturated heterocycles. The molecule has 0 radical (unpaired) electrons. The largest absolute Gasteiger partial charge is 0.455 e. The Kier molecular flexibility index (Phi) is 2.30. The van der Waals surface area contributed by atoms with E-state index >= 15 is 0 Å². The van der Waals surface area contributed by atoms with Crippen molar-refractivity contribution >= 4 is 22.9 Å². The van der Waals surface area contributed by atoms with E-state index in [1.807, 2.05) is 13.1 Å². The second-order valence-electron chi connectivity index (χ2n) is 6.21. The Hall–Kier alpha value is -1.82. The van der Waals surface area contributed by atoms with Crippen molar-refractivity contribution < 1.29 is 4.42 Å². The Morgan fingerprint density at radius 1 is 1.40 bits per heavy atom. The van der Waals surface area contributed by atoms with E-state index in [-0.39, 0.29) is 5.54 Å². The van der Waals surface area contributed by atoms with Crippen LogP contribution in [0.5, 0.6) is 0 Å². The molecule has 0 spiro atoms. The minimum atomic E-state index is 0.137. The van der Waals surface area contributed by atoms with Gasteiger partial charge in [0.1, 0.15) is 11.3 Å². The van der Waals surface area contributed by atoms with Crippen LogP contribution in [0.2, 0.25) is 0 Å². The van der Waals surface area contributed by atoms with Crippen LogP contribution in [0.3, 0.4) is 0 Å². The number of hydrogen-bond donors (Lipinski definition) is 2. The second kappa shape index (κ2) is 3.85. The number of furan rings is 1. The third kappa shape index (κ3) is 1.75. The van der Waals surface area contributed by atoms with Crippen LogP contribution in [0, 0.1) is 0 Å². The monoisotopic (exact) mass is 273 g/mol. The molecule has 2 fully saturated rings. The number of nitrogens with one attached hydrogen (secondary N) is 1. The smallest absolute Gasteiger partial charge is 0.222 e. The van der Waals surface area contributed by atoms with E-state index in [0.29, 0.717) is 11.9 Å². The highest BCUT2D eigenvalue weighted by molar-refractivity contribution is 5.86. The molecule has 6 nitrogen and oxygen atoms in total. The molecule has 2 aromatic rings. The van der Waals surface area contributed by atoms with Crippen molar-refractivity contribution in [3.63, 3.8) is 0 Å². The Labute approximate surface area is 117 Å². The van der Waals surface area contributed by atoms with Crippen LogP contribution in [-0.4, -0.2) is 35.6 Å². The summed E-state index contributed by atoms with van der Waals surface area (Å²) >= 11 is 0. The molecule has 1 aliphatic carbocycles. The van der Waals surface area contributed by atoms with Gasteiger partial charge in [-0.3, -0.25) is 0 Å². The fourth-order valence-corrected chi connectivity index (χ4v) is 2.84. The fourth-order valence-electron chi connectivity index (χ4n) is 2.84. The number of likely N-dealkylation sites (N-methyl/N-ethyl adjacent to an activating group) is 1. The van der Waals surface area contributed by atoms with E-state index in [4.69, 9.17) is 10.2 Å². The average Bonchev–Trinajstić information content (AvgIpc) is 3.15. The van der Waals surface area contributed by atoms with Gasteiger partial charge in [-0.1, -0.05) is 0 Å². The molecule has 0 atom stereocenters. The molecule has 4 rings (SSSR count). The first-order chi connectivity index (χ1) is 9.58. The first kappa shape index (κ1) is 12.0. The Morgan fingerprint density at radius 2 is 2.15 bits per heavy atom. The molecule has 106 valence electrons. The quantitative estimate of drug-likeness (QED) is 0.881. The van der Waals surface area contributed by atoms with Gasteiger partial charge >= 0.3 is 0 Å². The molecule has 3 heterocycles. The van der Waals surface area contributed by atoms with Crippen LogP contribution in [-0.2, 0) is 0 Å². The molecule has 3 N–H and O–H groups in total. The number of aromatic nitrogens is 2. The minimum Gasteiger partial charge on any atom is -0.455 e. The summed E-state index contributed by atoms with van der Waals surface area (Å²) in [6.07, 6.45) is 2.42. The first-order valence-corrected chi connectivity index (χ1v) is 7.09. The Bertz CT molecular complexity index is 669. The molecular formula is C14H19N5O. The van der Waals surface area contributed by atoms with E-state index in [1.54, 1.807) is 0 Å². The van der Waals surface area contributed by atoms with Gasteiger partial charge in [0, 0.05) is 25.1 Å². The number of nitrogens with zero attached hydrogens (tertiary/aromatic N) is 3. The van der Waals surface area contributed by atoms with Crippen LogP contribution in [0.1, 0.15) is 31.4 Å². The summed E-state index contributed by atoms with van der Waals surface area (Å²) < 4.78 is 5.99. The van der Waals surface area contributed by atoms with Crippen LogP contribution in [0.15, 0.2) is 10.5 Å². The number of nitrogen functional groups attached to an aromatic ring is 1. The van der Waals surface area contributed by atoms with E-state index in [9.17, 15) is 0 Å². The third-order valence-corrected chi connectivity index (χ3v) is 4.35. The maximum atomic E-state index is 5.99. The van der Waals surface area contributed by atoms with Crippen molar-refractivity contribution in [2.75, 3.05) is 30.8 Å². The number of hydrogen-bond acceptors (Lipinski definition) is 6. The fraction of sp³-hybridized carbons (Fsp3) is 0.571. The third-order valence-electron chi connectivity index (χ3n) is 4.35. The zero-order chi connectivity index (χ0) is 13.9. The summed E-state index contributed by atoms with van der Waals surface area (Å²) in [5.41, 5.74) is 7.58. The second-order valence-corrected chi connectivity index (χ2v) is 6.21. The van der Waals surface area contributed by atoms with Crippen molar-refractivity contribution in [1.82, 2.24) is 15.3 Å². The van der Waals surface area contributed by atoms with Gasteiger partial charge < -0.3 is 20.4 Å². The highest BCUT2D eigenvalue weighted by Gasteiger charge is 2.39. The predicted octanol–water partition coefficient (Wildman–Crippen LogP) is 1.48. The van der Waals surface area contributed by atoms with Gasteiger partial charge in [0.2, 0.25) is 5.95 Å². The van der Waals surface area contributed by atoms with Crippen molar-refractivity contribution in [3.05, 3.63) is 11.8 Å². The van der Waals surface area contributed by atoms with Crippen molar-refractivity contribution in [2.24, 2.45) is 0 Å². The molecule has 0 bridgehead atoms. The molecule has 0 unspecified atom stereocenters. The van der Waals surface area contributed by atoms with E-state index in [0.717, 1.165) is 35.8 Å². The van der Waals surface area contributed by atoms with Crippen LogP contribution < -0.4 is 16.0 Å². The number of nitrogens with two attached hydrogens (primary N) is 1. The van der Waals surface area contributed by atoms with Crippen LogP contribution >= 0.6 is 0 Å². The zero-order valence-corrected chi connectivity index (χ0v) is 11.8. The van der Waals surface area contributed by atoms with Gasteiger partial charge in [-0.15, -0.1) is 0 Å². The molecule has 1 aliphatic heterocycles. The number of fused-ring (bicyclic) bond motifs is 1. The lowest BCUT2D eigenvalue weighted by Crippen LogP contribution is -2.67. The zero-order valence-electron chi connectivity index (χ0n) is 11.8. The highest BCUT2D eigenvalue weighted by Crippen LogP contribution is 2.43. The maximum Gasteiger partial charge on any atom is 0.222 e. The van der Waals surface area contributed by atoms with Gasteiger partial charge in [0.05, 0.1) is 5.54 Å². The van der Waals surface area contributed by atoms with Crippen molar-refractivity contribution in [1.29, 1.82) is 0 Å². The lowest BCUT2D eigenvalue weighted by atomic mass is 9.92. The normalized spacial score (nSPS) is 21.2. The summed E-state index contributed by atoms with van der Waals surface area (Å²) in [5.74, 6) is 2.73. The van der Waals surface area contributed by atoms with Crippen molar-refractivity contribution in [3.8, 4) is 0 Å². The SMILES string of the molecule is CNC1(C)CN(c2nc(N)nc3cc(C4CC4)oc23)C1. The maximum absolute atomic E-state index is 5.99. The van der Waals surface area contributed by atoms with Gasteiger partial charge in [0.25, 0.3) is 0 Å². The van der Waals surface area contributed by atoms with Crippen LogP contribution in [0.25, 0.3) is 11.1 Å². The number of anilines is 2. The molecule has 2 aliphatic rings. The Morgan fingerprint density at radius 3 is 2.80 bits per heavy atom. The van der Waals surface area contributed by atoms with E-state index in [1.165, 1.54) is 12.8 Å². The van der Waals surface area contributed by atoms with E-state index < -0.39 is 0 Å². The summed E-state index contributed by atoms with van der Waals surface area (Å²) in [7, 11) is 1.99. The standard InChI is InChI=1S/C14H19N5O/c1-14(16-2)6-19(7-14)12-11-9(17-13(15)18-12)5-10(20-11)8-3-4-8/h5,8,16H,3-4,6-7H2,1-2H3,(H2,15,17,18). The van der Waals surface area contributed by atoms with Gasteiger partial charge in [-0.2, -0.15) is 4.98 Å². The summed E-state index contributed by atoms with van der Waals surface area (Å²) in [5, 5.41) is 3.33. The lowest BCUT2D eigenvalue weighted by molar-refractivity contribution is 0.301. The predicted molar refractivity (Wildman–Crippen MR) is 77.9 cm³/mol. The molecule has 0 amide bonds. The van der Waals surface area contributed by atoms with E-state index in [2.05, 4.69) is 27.1 Å². The molecule has 20 heavy (non-hydrogen) atoms. The minimum absolute atomic E-state index is 0.137. The van der Waals surface area contributed by atoms with Crippen LogP contribution in [0.4, 0.5) is 11.8 Å². The lowest BCUT2D eigenvalue weighted by Gasteiger charge is -2.48. The van der Waals surface area contributed by atoms with Crippen molar-refractivity contribution in [2.45, 2.75) is 31.2 Å². The molecule has 6 heteroatoms. The summed E-state index contributed by atoms with van der Waals surface area (Å²) in [4.78, 5) is 10.9. The average molecular weight is 273 g/mol. The van der Waals surface area contributed by atoms with Gasteiger partial charge in [-0.25, -0.2) is 4.98 Å². The first-order valence-electron chi connectivity index (χ1n) is 7.09. The summed E-state index contributed by atoms with van der Waals surface area (Å²) in [6, 6.07) is 2.02. The molecule has 0 aromatic carbocycles. The Balaban J connectivity index is 1.74. The topological polar surface area (TPSA) is 80.2 Å².